The SMILES string of the molecule is O=C(Nc1ccc(Cl)c(Cl)c1)Nc1ccc2c(c1)N(C(=O)C1CCCC1)CC2. The largest absolute Gasteiger partial charge is 0.323 e. The van der Waals surface area contributed by atoms with Crippen molar-refractivity contribution in [2.75, 3.05) is 22.1 Å². The molecule has 1 heterocycles. The highest BCUT2D eigenvalue weighted by molar-refractivity contribution is 6.42. The van der Waals surface area contributed by atoms with E-state index in [2.05, 4.69) is 10.6 Å². The number of halogens is 2. The lowest BCUT2D eigenvalue weighted by molar-refractivity contribution is -0.122. The number of rotatable bonds is 3. The van der Waals surface area contributed by atoms with Crippen LogP contribution in [0.5, 0.6) is 0 Å². The highest BCUT2D eigenvalue weighted by Crippen LogP contribution is 2.35. The minimum absolute atomic E-state index is 0.139. The van der Waals surface area contributed by atoms with E-state index in [1.54, 1.807) is 18.2 Å². The van der Waals surface area contributed by atoms with E-state index < -0.39 is 0 Å². The van der Waals surface area contributed by atoms with Gasteiger partial charge in [0.15, 0.2) is 0 Å². The second-order valence-electron chi connectivity index (χ2n) is 7.27. The van der Waals surface area contributed by atoms with E-state index in [0.29, 0.717) is 28.0 Å². The van der Waals surface area contributed by atoms with Crippen LogP contribution in [0.4, 0.5) is 21.9 Å². The first kappa shape index (κ1) is 19.1. The Morgan fingerprint density at radius 2 is 1.61 bits per heavy atom. The van der Waals surface area contributed by atoms with Gasteiger partial charge in [0.1, 0.15) is 0 Å². The molecule has 0 atom stereocenters. The zero-order valence-electron chi connectivity index (χ0n) is 15.3. The van der Waals surface area contributed by atoms with E-state index >= 15 is 0 Å². The Morgan fingerprint density at radius 3 is 2.32 bits per heavy atom. The number of benzene rings is 2. The number of anilines is 3. The van der Waals surface area contributed by atoms with Crippen LogP contribution in [-0.2, 0) is 11.2 Å². The predicted octanol–water partition coefficient (Wildman–Crippen LogP) is 5.72. The summed E-state index contributed by atoms with van der Waals surface area (Å²) in [5, 5.41) is 6.35. The quantitative estimate of drug-likeness (QED) is 0.670. The number of nitrogens with one attached hydrogen (secondary N) is 2. The average Bonchev–Trinajstić information content (AvgIpc) is 3.34. The van der Waals surface area contributed by atoms with Gasteiger partial charge in [0.2, 0.25) is 5.91 Å². The van der Waals surface area contributed by atoms with Gasteiger partial charge in [-0.15, -0.1) is 0 Å². The number of nitrogens with zero attached hydrogens (tertiary/aromatic N) is 1. The number of hydrogen-bond donors (Lipinski definition) is 2. The van der Waals surface area contributed by atoms with E-state index in [4.69, 9.17) is 23.2 Å². The highest BCUT2D eigenvalue weighted by Gasteiger charge is 2.31. The third-order valence-electron chi connectivity index (χ3n) is 5.39. The second-order valence-corrected chi connectivity index (χ2v) is 8.09. The van der Waals surface area contributed by atoms with Crippen molar-refractivity contribution in [3.05, 3.63) is 52.0 Å². The minimum atomic E-state index is -0.384. The van der Waals surface area contributed by atoms with Crippen LogP contribution in [0.3, 0.4) is 0 Å². The lowest BCUT2D eigenvalue weighted by Crippen LogP contribution is -2.33. The zero-order valence-corrected chi connectivity index (χ0v) is 16.8. The standard InChI is InChI=1S/C21H21Cl2N3O2/c22-17-8-7-15(11-18(17)23)24-21(28)25-16-6-5-13-9-10-26(19(13)12-16)20(27)14-3-1-2-4-14/h5-8,11-12,14H,1-4,9-10H2,(H2,24,25,28). The first-order valence-corrected chi connectivity index (χ1v) is 10.2. The van der Waals surface area contributed by atoms with Gasteiger partial charge in [-0.1, -0.05) is 42.1 Å². The molecule has 0 unspecified atom stereocenters. The number of fused-ring (bicyclic) bond motifs is 1. The molecule has 1 fully saturated rings. The van der Waals surface area contributed by atoms with Gasteiger partial charge >= 0.3 is 6.03 Å². The fourth-order valence-corrected chi connectivity index (χ4v) is 4.24. The van der Waals surface area contributed by atoms with Crippen LogP contribution in [0.25, 0.3) is 0 Å². The number of urea groups is 1. The van der Waals surface area contributed by atoms with Crippen molar-refractivity contribution in [2.45, 2.75) is 32.1 Å². The van der Waals surface area contributed by atoms with Gasteiger partial charge in [0, 0.05) is 29.5 Å². The van der Waals surface area contributed by atoms with Crippen LogP contribution < -0.4 is 15.5 Å². The molecule has 146 valence electrons. The lowest BCUT2D eigenvalue weighted by atomic mass is 10.1. The normalized spacial score (nSPS) is 16.1. The van der Waals surface area contributed by atoms with Crippen molar-refractivity contribution < 1.29 is 9.59 Å². The van der Waals surface area contributed by atoms with Crippen LogP contribution in [0.1, 0.15) is 31.2 Å². The molecule has 2 N–H and O–H groups in total. The molecule has 1 aliphatic carbocycles. The van der Waals surface area contributed by atoms with E-state index in [0.717, 1.165) is 43.4 Å². The summed E-state index contributed by atoms with van der Waals surface area (Å²) >= 11 is 11.9. The monoisotopic (exact) mass is 417 g/mol. The fraction of sp³-hybridized carbons (Fsp3) is 0.333. The summed E-state index contributed by atoms with van der Waals surface area (Å²) in [5.41, 5.74) is 3.24. The Balaban J connectivity index is 1.46. The van der Waals surface area contributed by atoms with Gasteiger partial charge < -0.3 is 15.5 Å². The van der Waals surface area contributed by atoms with E-state index in [9.17, 15) is 9.59 Å². The molecule has 5 nitrogen and oxygen atoms in total. The van der Waals surface area contributed by atoms with E-state index in [1.807, 2.05) is 23.1 Å². The van der Waals surface area contributed by atoms with Gasteiger partial charge in [-0.05, 0) is 55.2 Å². The van der Waals surface area contributed by atoms with Crippen molar-refractivity contribution in [3.63, 3.8) is 0 Å². The van der Waals surface area contributed by atoms with Crippen LogP contribution in [0.15, 0.2) is 36.4 Å². The first-order chi connectivity index (χ1) is 13.5. The van der Waals surface area contributed by atoms with Crippen molar-refractivity contribution in [1.29, 1.82) is 0 Å². The lowest BCUT2D eigenvalue weighted by Gasteiger charge is -2.21. The third kappa shape index (κ3) is 3.96. The predicted molar refractivity (Wildman–Crippen MR) is 114 cm³/mol. The van der Waals surface area contributed by atoms with Crippen molar-refractivity contribution in [2.24, 2.45) is 5.92 Å². The molecule has 0 saturated heterocycles. The molecule has 4 rings (SSSR count). The number of amides is 3. The molecule has 2 aliphatic rings. The highest BCUT2D eigenvalue weighted by atomic mass is 35.5. The van der Waals surface area contributed by atoms with Crippen LogP contribution >= 0.6 is 23.2 Å². The Morgan fingerprint density at radius 1 is 0.929 bits per heavy atom. The summed E-state index contributed by atoms with van der Waals surface area (Å²) in [6.07, 6.45) is 5.08. The topological polar surface area (TPSA) is 61.4 Å². The zero-order chi connectivity index (χ0) is 19.7. The van der Waals surface area contributed by atoms with Crippen LogP contribution in [0.2, 0.25) is 10.0 Å². The molecule has 1 saturated carbocycles. The smallest absolute Gasteiger partial charge is 0.312 e. The number of carbonyl (C=O) groups is 2. The van der Waals surface area contributed by atoms with Crippen molar-refractivity contribution in [3.8, 4) is 0 Å². The molecular formula is C21H21Cl2N3O2. The molecule has 1 aliphatic heterocycles. The van der Waals surface area contributed by atoms with Gasteiger partial charge in [0.25, 0.3) is 0 Å². The molecule has 3 amide bonds. The maximum Gasteiger partial charge on any atom is 0.323 e. The van der Waals surface area contributed by atoms with Gasteiger partial charge in [-0.25, -0.2) is 4.79 Å². The third-order valence-corrected chi connectivity index (χ3v) is 6.13. The molecule has 0 aromatic heterocycles. The van der Waals surface area contributed by atoms with Gasteiger partial charge in [0.05, 0.1) is 10.0 Å². The summed E-state index contributed by atoms with van der Waals surface area (Å²) in [5.74, 6) is 0.356. The Bertz CT molecular complexity index is 926. The minimum Gasteiger partial charge on any atom is -0.312 e. The summed E-state index contributed by atoms with van der Waals surface area (Å²) in [6, 6.07) is 10.2. The van der Waals surface area contributed by atoms with Gasteiger partial charge in [-0.3, -0.25) is 4.79 Å². The summed E-state index contributed by atoms with van der Waals surface area (Å²) in [6.45, 7) is 0.712. The molecule has 0 radical (unpaired) electrons. The van der Waals surface area contributed by atoms with Crippen molar-refractivity contribution in [1.82, 2.24) is 0 Å². The molecule has 2 aromatic carbocycles. The molecule has 7 heteroatoms. The van der Waals surface area contributed by atoms with E-state index in [1.165, 1.54) is 0 Å². The van der Waals surface area contributed by atoms with Crippen LogP contribution in [-0.4, -0.2) is 18.5 Å². The second kappa shape index (κ2) is 8.02. The molecular weight excluding hydrogens is 397 g/mol. The summed E-state index contributed by atoms with van der Waals surface area (Å²) in [7, 11) is 0. The Kier molecular flexibility index (Phi) is 5.47. The molecule has 0 spiro atoms. The molecule has 28 heavy (non-hydrogen) atoms. The Hall–Kier alpha value is -2.24. The number of carbonyl (C=O) groups excluding carboxylic acids is 2. The fourth-order valence-electron chi connectivity index (χ4n) is 3.95. The molecule has 2 aromatic rings. The average molecular weight is 418 g/mol. The maximum absolute atomic E-state index is 12.8. The van der Waals surface area contributed by atoms with Gasteiger partial charge in [-0.2, -0.15) is 0 Å². The van der Waals surface area contributed by atoms with Crippen molar-refractivity contribution >= 4 is 52.2 Å². The summed E-state index contributed by atoms with van der Waals surface area (Å²) in [4.78, 5) is 27.1. The number of hydrogen-bond acceptors (Lipinski definition) is 2. The summed E-state index contributed by atoms with van der Waals surface area (Å²) < 4.78 is 0. The van der Waals surface area contributed by atoms with E-state index in [-0.39, 0.29) is 17.9 Å². The maximum atomic E-state index is 12.8. The van der Waals surface area contributed by atoms with Crippen LogP contribution in [0, 0.1) is 5.92 Å². The Labute approximate surface area is 174 Å². The first-order valence-electron chi connectivity index (χ1n) is 9.48. The molecule has 0 bridgehead atoms.